The van der Waals surface area contributed by atoms with Crippen LogP contribution in [-0.2, 0) is 4.74 Å². The molecule has 5 nitrogen and oxygen atoms in total. The van der Waals surface area contributed by atoms with Crippen molar-refractivity contribution in [2.24, 2.45) is 0 Å². The largest absolute Gasteiger partial charge is 0.454 e. The molecule has 6 heteroatoms. The third-order valence-electron chi connectivity index (χ3n) is 3.46. The van der Waals surface area contributed by atoms with E-state index in [0.717, 1.165) is 43.4 Å². The maximum absolute atomic E-state index is 10.0. The minimum Gasteiger partial charge on any atom is -0.454 e. The van der Waals surface area contributed by atoms with Crippen molar-refractivity contribution in [1.82, 2.24) is 4.90 Å². The number of ether oxygens (including phenoxy) is 3. The van der Waals surface area contributed by atoms with Crippen LogP contribution in [0.25, 0.3) is 6.08 Å². The molecule has 1 N–H and O–H groups in total. The maximum Gasteiger partial charge on any atom is 0.231 e. The van der Waals surface area contributed by atoms with E-state index < -0.39 is 6.10 Å². The Balaban J connectivity index is 0.00000161. The zero-order chi connectivity index (χ0) is 13.8. The van der Waals surface area contributed by atoms with Gasteiger partial charge in [-0.25, -0.2) is 0 Å². The van der Waals surface area contributed by atoms with E-state index >= 15 is 0 Å². The van der Waals surface area contributed by atoms with Gasteiger partial charge in [0.05, 0.1) is 19.3 Å². The molecule has 0 bridgehead atoms. The highest BCUT2D eigenvalue weighted by atomic mass is 35.5. The van der Waals surface area contributed by atoms with E-state index in [2.05, 4.69) is 4.90 Å². The van der Waals surface area contributed by atoms with Crippen molar-refractivity contribution in [2.45, 2.75) is 6.10 Å². The van der Waals surface area contributed by atoms with Gasteiger partial charge in [0.2, 0.25) is 6.79 Å². The number of morpholine rings is 1. The first-order valence-electron chi connectivity index (χ1n) is 6.87. The van der Waals surface area contributed by atoms with E-state index in [4.69, 9.17) is 14.2 Å². The van der Waals surface area contributed by atoms with E-state index in [9.17, 15) is 5.11 Å². The van der Waals surface area contributed by atoms with Gasteiger partial charge < -0.3 is 19.3 Å². The monoisotopic (exact) mass is 313 g/mol. The Morgan fingerprint density at radius 1 is 1.19 bits per heavy atom. The second-order valence-electron chi connectivity index (χ2n) is 4.95. The van der Waals surface area contributed by atoms with Gasteiger partial charge in [0.15, 0.2) is 11.5 Å². The van der Waals surface area contributed by atoms with Crippen LogP contribution in [0.1, 0.15) is 5.56 Å². The van der Waals surface area contributed by atoms with Crippen LogP contribution in [0.15, 0.2) is 24.3 Å². The molecule has 0 aliphatic carbocycles. The van der Waals surface area contributed by atoms with E-state index in [1.165, 1.54) is 0 Å². The molecule has 0 amide bonds. The summed E-state index contributed by atoms with van der Waals surface area (Å²) in [6.07, 6.45) is 3.25. The SMILES string of the molecule is Cl.OC(/C=C/c1ccc2c(c1)OCO2)CN1CCOCC1. The zero-order valence-electron chi connectivity index (χ0n) is 11.7. The van der Waals surface area contributed by atoms with Gasteiger partial charge in [-0.15, -0.1) is 12.4 Å². The smallest absolute Gasteiger partial charge is 0.231 e. The molecular formula is C15H20ClNO4. The van der Waals surface area contributed by atoms with Crippen molar-refractivity contribution in [2.75, 3.05) is 39.6 Å². The highest BCUT2D eigenvalue weighted by Gasteiger charge is 2.14. The van der Waals surface area contributed by atoms with E-state index in [-0.39, 0.29) is 19.2 Å². The van der Waals surface area contributed by atoms with Gasteiger partial charge in [0.25, 0.3) is 0 Å². The van der Waals surface area contributed by atoms with E-state index in [0.29, 0.717) is 6.54 Å². The molecule has 1 saturated heterocycles. The average molecular weight is 314 g/mol. The number of hydrogen-bond donors (Lipinski definition) is 1. The maximum atomic E-state index is 10.0. The van der Waals surface area contributed by atoms with Crippen LogP contribution in [0.4, 0.5) is 0 Å². The first-order valence-corrected chi connectivity index (χ1v) is 6.87. The highest BCUT2D eigenvalue weighted by molar-refractivity contribution is 5.85. The quantitative estimate of drug-likeness (QED) is 0.914. The number of aliphatic hydroxyl groups is 1. The Hall–Kier alpha value is -1.27. The summed E-state index contributed by atoms with van der Waals surface area (Å²) in [5, 5.41) is 10.0. The average Bonchev–Trinajstić information content (AvgIpc) is 2.93. The van der Waals surface area contributed by atoms with Crippen LogP contribution in [0.2, 0.25) is 0 Å². The number of nitrogens with zero attached hydrogens (tertiary/aromatic N) is 1. The fraction of sp³-hybridized carbons (Fsp3) is 0.467. The minimum atomic E-state index is -0.474. The molecular weight excluding hydrogens is 294 g/mol. The summed E-state index contributed by atoms with van der Waals surface area (Å²) >= 11 is 0. The van der Waals surface area contributed by atoms with Gasteiger partial charge in [0, 0.05) is 19.6 Å². The second-order valence-corrected chi connectivity index (χ2v) is 4.95. The van der Waals surface area contributed by atoms with Crippen molar-refractivity contribution in [1.29, 1.82) is 0 Å². The van der Waals surface area contributed by atoms with Crippen molar-refractivity contribution in [3.8, 4) is 11.5 Å². The number of halogens is 1. The van der Waals surface area contributed by atoms with Gasteiger partial charge in [0.1, 0.15) is 0 Å². The lowest BCUT2D eigenvalue weighted by atomic mass is 10.1. The molecule has 0 saturated carbocycles. The first kappa shape index (κ1) is 16.1. The van der Waals surface area contributed by atoms with Crippen LogP contribution in [0, 0.1) is 0 Å². The Bertz CT molecular complexity index is 489. The molecule has 2 aliphatic heterocycles. The summed E-state index contributed by atoms with van der Waals surface area (Å²) in [4.78, 5) is 2.21. The number of rotatable bonds is 4. The zero-order valence-corrected chi connectivity index (χ0v) is 12.6. The molecule has 1 aromatic carbocycles. The summed E-state index contributed by atoms with van der Waals surface area (Å²) in [6, 6.07) is 5.75. The third-order valence-corrected chi connectivity index (χ3v) is 3.46. The molecule has 1 unspecified atom stereocenters. The summed E-state index contributed by atoms with van der Waals surface area (Å²) in [7, 11) is 0. The summed E-state index contributed by atoms with van der Waals surface area (Å²) < 4.78 is 15.9. The number of fused-ring (bicyclic) bond motifs is 1. The molecule has 1 fully saturated rings. The Labute approximate surface area is 130 Å². The van der Waals surface area contributed by atoms with E-state index in [1.807, 2.05) is 30.4 Å². The number of β-amino-alcohol motifs (C(OH)–C–C–N with tert-alkyl or cyclic N) is 1. The van der Waals surface area contributed by atoms with Gasteiger partial charge in [-0.05, 0) is 17.7 Å². The minimum absolute atomic E-state index is 0. The van der Waals surface area contributed by atoms with Crippen molar-refractivity contribution in [3.63, 3.8) is 0 Å². The fourth-order valence-corrected chi connectivity index (χ4v) is 2.35. The van der Waals surface area contributed by atoms with Crippen molar-refractivity contribution < 1.29 is 19.3 Å². The molecule has 21 heavy (non-hydrogen) atoms. The molecule has 2 heterocycles. The van der Waals surface area contributed by atoms with Crippen LogP contribution >= 0.6 is 12.4 Å². The summed E-state index contributed by atoms with van der Waals surface area (Å²) in [5.74, 6) is 1.53. The molecule has 0 radical (unpaired) electrons. The molecule has 116 valence electrons. The highest BCUT2D eigenvalue weighted by Crippen LogP contribution is 2.32. The number of aliphatic hydroxyl groups excluding tert-OH is 1. The Morgan fingerprint density at radius 2 is 1.95 bits per heavy atom. The summed E-state index contributed by atoms with van der Waals surface area (Å²) in [5.41, 5.74) is 0.996. The molecule has 2 aliphatic rings. The fourth-order valence-electron chi connectivity index (χ4n) is 2.35. The molecule has 1 atom stereocenters. The van der Waals surface area contributed by atoms with Gasteiger partial charge in [-0.1, -0.05) is 18.2 Å². The lowest BCUT2D eigenvalue weighted by Gasteiger charge is -2.27. The van der Waals surface area contributed by atoms with Crippen LogP contribution in [0.3, 0.4) is 0 Å². The normalized spacial score (nSPS) is 19.5. The van der Waals surface area contributed by atoms with Crippen molar-refractivity contribution in [3.05, 3.63) is 29.8 Å². The lowest BCUT2D eigenvalue weighted by Crippen LogP contribution is -2.40. The standard InChI is InChI=1S/C15H19NO4.ClH/c17-13(10-16-5-7-18-8-6-16)3-1-12-2-4-14-15(9-12)20-11-19-14;/h1-4,9,13,17H,5-8,10-11H2;1H/b3-1+;. The van der Waals surface area contributed by atoms with Crippen LogP contribution in [0.5, 0.6) is 11.5 Å². The van der Waals surface area contributed by atoms with Crippen LogP contribution in [-0.4, -0.2) is 55.8 Å². The predicted octanol–water partition coefficient (Wildman–Crippen LogP) is 1.54. The second kappa shape index (κ2) is 7.66. The molecule has 3 rings (SSSR count). The van der Waals surface area contributed by atoms with Crippen LogP contribution < -0.4 is 9.47 Å². The molecule has 0 aromatic heterocycles. The van der Waals surface area contributed by atoms with Crippen molar-refractivity contribution >= 4 is 18.5 Å². The van der Waals surface area contributed by atoms with Gasteiger partial charge in [-0.2, -0.15) is 0 Å². The Morgan fingerprint density at radius 3 is 2.76 bits per heavy atom. The van der Waals surface area contributed by atoms with Gasteiger partial charge in [-0.3, -0.25) is 4.90 Å². The first-order chi connectivity index (χ1) is 9.81. The van der Waals surface area contributed by atoms with E-state index in [1.54, 1.807) is 0 Å². The molecule has 0 spiro atoms. The molecule has 1 aromatic rings. The third kappa shape index (κ3) is 4.35. The lowest BCUT2D eigenvalue weighted by molar-refractivity contribution is 0.0223. The van der Waals surface area contributed by atoms with Gasteiger partial charge >= 0.3 is 0 Å². The predicted molar refractivity (Wildman–Crippen MR) is 82.1 cm³/mol. The number of benzene rings is 1. The Kier molecular flexibility index (Phi) is 5.87. The summed E-state index contributed by atoms with van der Waals surface area (Å²) in [6.45, 7) is 4.19. The number of hydrogen-bond acceptors (Lipinski definition) is 5. The topological polar surface area (TPSA) is 51.2 Å².